The van der Waals surface area contributed by atoms with Crippen LogP contribution in [-0.4, -0.2) is 23.7 Å². The number of hydrogen-bond acceptors (Lipinski definition) is 2. The summed E-state index contributed by atoms with van der Waals surface area (Å²) >= 11 is 5.47. The second-order valence-corrected chi connectivity index (χ2v) is 3.56. The van der Waals surface area contributed by atoms with Crippen molar-refractivity contribution in [3.8, 4) is 0 Å². The van der Waals surface area contributed by atoms with E-state index in [-0.39, 0.29) is 23.7 Å². The number of nitrogens with one attached hydrogen (secondary N) is 2. The van der Waals surface area contributed by atoms with Crippen LogP contribution in [0, 0.1) is 5.82 Å². The molecule has 0 saturated carbocycles. The van der Waals surface area contributed by atoms with Gasteiger partial charge in [-0.2, -0.15) is 0 Å². The average molecular weight is 261 g/mol. The molecule has 0 aliphatic heterocycles. The van der Waals surface area contributed by atoms with Gasteiger partial charge in [0, 0.05) is 12.2 Å². The van der Waals surface area contributed by atoms with E-state index < -0.39 is 17.8 Å². The zero-order valence-electron chi connectivity index (χ0n) is 8.67. The lowest BCUT2D eigenvalue weighted by atomic mass is 10.3. The molecule has 0 heterocycles. The van der Waals surface area contributed by atoms with Gasteiger partial charge in [0.25, 0.3) is 0 Å². The van der Waals surface area contributed by atoms with Crippen LogP contribution in [0.3, 0.4) is 0 Å². The van der Waals surface area contributed by atoms with Gasteiger partial charge in [-0.05, 0) is 18.2 Å². The molecule has 0 aliphatic carbocycles. The first kappa shape index (κ1) is 13.2. The molecule has 1 aromatic rings. The number of carbonyl (C=O) groups is 2. The third-order valence-electron chi connectivity index (χ3n) is 1.80. The molecule has 3 N–H and O–H groups in total. The highest BCUT2D eigenvalue weighted by atomic mass is 35.5. The minimum atomic E-state index is -1.01. The smallest absolute Gasteiger partial charge is 0.319 e. The molecular formula is C10H10ClFN2O3. The van der Waals surface area contributed by atoms with Crippen molar-refractivity contribution in [2.24, 2.45) is 0 Å². The van der Waals surface area contributed by atoms with Crippen molar-refractivity contribution in [2.75, 3.05) is 11.9 Å². The zero-order valence-corrected chi connectivity index (χ0v) is 9.42. The molecule has 92 valence electrons. The molecule has 0 unspecified atom stereocenters. The van der Waals surface area contributed by atoms with E-state index in [0.29, 0.717) is 0 Å². The van der Waals surface area contributed by atoms with E-state index in [9.17, 15) is 14.0 Å². The van der Waals surface area contributed by atoms with Gasteiger partial charge < -0.3 is 15.7 Å². The molecule has 17 heavy (non-hydrogen) atoms. The van der Waals surface area contributed by atoms with Crippen molar-refractivity contribution in [1.29, 1.82) is 0 Å². The maximum absolute atomic E-state index is 13.0. The molecule has 0 bridgehead atoms. The fourth-order valence-corrected chi connectivity index (χ4v) is 1.15. The first-order valence-corrected chi connectivity index (χ1v) is 5.08. The summed E-state index contributed by atoms with van der Waals surface area (Å²) in [6, 6.07) is 3.21. The molecule has 5 nitrogen and oxygen atoms in total. The molecule has 7 heteroatoms. The number of carbonyl (C=O) groups excluding carboxylic acids is 1. The number of benzene rings is 1. The third kappa shape index (κ3) is 4.69. The van der Waals surface area contributed by atoms with Crippen molar-refractivity contribution in [2.45, 2.75) is 6.42 Å². The van der Waals surface area contributed by atoms with Crippen LogP contribution in [0.25, 0.3) is 0 Å². The number of rotatable bonds is 4. The van der Waals surface area contributed by atoms with E-state index in [1.807, 2.05) is 0 Å². The monoisotopic (exact) mass is 260 g/mol. The number of hydrogen-bond donors (Lipinski definition) is 3. The van der Waals surface area contributed by atoms with Crippen LogP contribution in [0.4, 0.5) is 14.9 Å². The van der Waals surface area contributed by atoms with Crippen LogP contribution in [0.2, 0.25) is 5.02 Å². The third-order valence-corrected chi connectivity index (χ3v) is 2.11. The summed E-state index contributed by atoms with van der Waals surface area (Å²) in [5.74, 6) is -1.65. The van der Waals surface area contributed by atoms with Gasteiger partial charge in [0.15, 0.2) is 0 Å². The van der Waals surface area contributed by atoms with Gasteiger partial charge in [-0.15, -0.1) is 0 Å². The number of aliphatic carboxylic acids is 1. The molecule has 2 amide bonds. The topological polar surface area (TPSA) is 78.4 Å². The molecule has 0 atom stereocenters. The Morgan fingerprint density at radius 1 is 1.41 bits per heavy atom. The number of urea groups is 1. The normalized spacial score (nSPS) is 9.76. The van der Waals surface area contributed by atoms with Crippen LogP contribution in [0.15, 0.2) is 18.2 Å². The highest BCUT2D eigenvalue weighted by Crippen LogP contribution is 2.18. The van der Waals surface area contributed by atoms with E-state index in [1.165, 1.54) is 12.1 Å². The van der Waals surface area contributed by atoms with Crippen LogP contribution >= 0.6 is 11.6 Å². The number of anilines is 1. The Hall–Kier alpha value is -1.82. The fourth-order valence-electron chi connectivity index (χ4n) is 1.03. The van der Waals surface area contributed by atoms with Crippen LogP contribution in [-0.2, 0) is 4.79 Å². The SMILES string of the molecule is O=C(O)CCNC(=O)Nc1ccc(Cl)c(F)c1. The number of carboxylic acid groups (broad SMARTS) is 1. The Kier molecular flexibility index (Phi) is 4.71. The second-order valence-electron chi connectivity index (χ2n) is 3.15. The molecule has 0 aliphatic rings. The predicted octanol–water partition coefficient (Wildman–Crippen LogP) is 2.08. The van der Waals surface area contributed by atoms with E-state index in [4.69, 9.17) is 16.7 Å². The van der Waals surface area contributed by atoms with Crippen molar-refractivity contribution in [1.82, 2.24) is 5.32 Å². The van der Waals surface area contributed by atoms with Crippen molar-refractivity contribution in [3.63, 3.8) is 0 Å². The largest absolute Gasteiger partial charge is 0.481 e. The van der Waals surface area contributed by atoms with Crippen molar-refractivity contribution >= 4 is 29.3 Å². The maximum Gasteiger partial charge on any atom is 0.319 e. The van der Waals surface area contributed by atoms with Crippen LogP contribution in [0.5, 0.6) is 0 Å². The summed E-state index contributed by atoms with van der Waals surface area (Å²) in [6.45, 7) is -0.00274. The molecule has 0 fully saturated rings. The van der Waals surface area contributed by atoms with Gasteiger partial charge in [-0.1, -0.05) is 11.6 Å². The lowest BCUT2D eigenvalue weighted by Gasteiger charge is -2.06. The number of halogens is 2. The Morgan fingerprint density at radius 3 is 2.71 bits per heavy atom. The molecule has 0 aromatic heterocycles. The lowest BCUT2D eigenvalue weighted by molar-refractivity contribution is -0.136. The Labute approximate surface area is 102 Å². The summed E-state index contributed by atoms with van der Waals surface area (Å²) in [5, 5.41) is 13.0. The average Bonchev–Trinajstić information content (AvgIpc) is 2.23. The molecule has 1 rings (SSSR count). The van der Waals surface area contributed by atoms with Crippen molar-refractivity contribution in [3.05, 3.63) is 29.0 Å². The van der Waals surface area contributed by atoms with E-state index in [1.54, 1.807) is 0 Å². The molecular weight excluding hydrogens is 251 g/mol. The first-order chi connectivity index (χ1) is 7.99. The Balaban J connectivity index is 2.45. The van der Waals surface area contributed by atoms with E-state index >= 15 is 0 Å². The minimum absolute atomic E-state index is 0.00274. The van der Waals surface area contributed by atoms with Gasteiger partial charge in [-0.3, -0.25) is 4.79 Å². The van der Waals surface area contributed by atoms with E-state index in [2.05, 4.69) is 10.6 Å². The summed E-state index contributed by atoms with van der Waals surface area (Å²) < 4.78 is 13.0. The lowest BCUT2D eigenvalue weighted by Crippen LogP contribution is -2.30. The van der Waals surface area contributed by atoms with Crippen LogP contribution in [0.1, 0.15) is 6.42 Å². The summed E-state index contributed by atoms with van der Waals surface area (Å²) in [4.78, 5) is 21.4. The van der Waals surface area contributed by atoms with Gasteiger partial charge in [-0.25, -0.2) is 9.18 Å². The van der Waals surface area contributed by atoms with Gasteiger partial charge in [0.05, 0.1) is 11.4 Å². The number of carboxylic acids is 1. The summed E-state index contributed by atoms with van der Waals surface area (Å²) in [5.41, 5.74) is 0.236. The van der Waals surface area contributed by atoms with Gasteiger partial charge >= 0.3 is 12.0 Å². The molecule has 0 saturated heterocycles. The van der Waals surface area contributed by atoms with Gasteiger partial charge in [0.1, 0.15) is 5.82 Å². The highest BCUT2D eigenvalue weighted by Gasteiger charge is 2.05. The molecule has 0 spiro atoms. The number of amides is 2. The Bertz CT molecular complexity index is 440. The second kappa shape index (κ2) is 6.05. The van der Waals surface area contributed by atoms with Crippen LogP contribution < -0.4 is 10.6 Å². The minimum Gasteiger partial charge on any atom is -0.481 e. The maximum atomic E-state index is 13.0. The standard InChI is InChI=1S/C10H10ClFN2O3/c11-7-2-1-6(5-8(7)12)14-10(17)13-4-3-9(15)16/h1-2,5H,3-4H2,(H,15,16)(H2,13,14,17). The fraction of sp³-hybridized carbons (Fsp3) is 0.200. The first-order valence-electron chi connectivity index (χ1n) is 4.70. The summed E-state index contributed by atoms with van der Waals surface area (Å²) in [6.07, 6.45) is -0.178. The Morgan fingerprint density at radius 2 is 2.12 bits per heavy atom. The van der Waals surface area contributed by atoms with Gasteiger partial charge in [0.2, 0.25) is 0 Å². The molecule has 0 radical (unpaired) electrons. The quantitative estimate of drug-likeness (QED) is 0.775. The van der Waals surface area contributed by atoms with Crippen molar-refractivity contribution < 1.29 is 19.1 Å². The predicted molar refractivity (Wildman–Crippen MR) is 60.7 cm³/mol. The van der Waals surface area contributed by atoms with E-state index in [0.717, 1.165) is 6.07 Å². The highest BCUT2D eigenvalue weighted by molar-refractivity contribution is 6.30. The summed E-state index contributed by atoms with van der Waals surface area (Å²) in [7, 11) is 0. The molecule has 1 aromatic carbocycles. The zero-order chi connectivity index (χ0) is 12.8.